The molecule has 0 unspecified atom stereocenters. The normalized spacial score (nSPS) is 14.6. The Labute approximate surface area is 171 Å². The number of nitrogens with zero attached hydrogens (tertiary/aromatic N) is 1. The standard InChI is InChI=1S/C21H26FN3O2S/c1-15-4-6-17(13-18(15)22)23-21(28)25-10-8-24(9-11-25)14-16-5-7-19(26-2)20(12-16)27-3/h4-7,12-13H,8-11,14H2,1-3H3,(H,23,28)/p+1. The molecule has 5 nitrogen and oxygen atoms in total. The highest BCUT2D eigenvalue weighted by atomic mass is 32.1. The van der Waals surface area contributed by atoms with E-state index in [0.717, 1.165) is 44.2 Å². The van der Waals surface area contributed by atoms with Crippen LogP contribution < -0.4 is 19.7 Å². The van der Waals surface area contributed by atoms with Gasteiger partial charge in [-0.15, -0.1) is 0 Å². The van der Waals surface area contributed by atoms with Gasteiger partial charge >= 0.3 is 0 Å². The third-order valence-corrected chi connectivity index (χ3v) is 5.44. The minimum atomic E-state index is -0.225. The molecule has 150 valence electrons. The van der Waals surface area contributed by atoms with Crippen LogP contribution in [0.1, 0.15) is 11.1 Å². The number of aryl methyl sites for hydroxylation is 1. The number of nitrogens with one attached hydrogen (secondary N) is 2. The number of thiocarbonyl (C=S) groups is 1. The molecule has 0 bridgehead atoms. The maximum atomic E-state index is 13.7. The van der Waals surface area contributed by atoms with Crippen LogP contribution in [0.15, 0.2) is 36.4 Å². The lowest BCUT2D eigenvalue weighted by molar-refractivity contribution is -0.917. The summed E-state index contributed by atoms with van der Waals surface area (Å²) in [4.78, 5) is 3.64. The Kier molecular flexibility index (Phi) is 6.70. The fraction of sp³-hybridized carbons (Fsp3) is 0.381. The average molecular weight is 405 g/mol. The Hall–Kier alpha value is -2.38. The first kappa shape index (κ1) is 20.4. The summed E-state index contributed by atoms with van der Waals surface area (Å²) < 4.78 is 24.4. The van der Waals surface area contributed by atoms with Crippen molar-refractivity contribution in [3.05, 3.63) is 53.3 Å². The van der Waals surface area contributed by atoms with Crippen LogP contribution >= 0.6 is 12.2 Å². The van der Waals surface area contributed by atoms with Gasteiger partial charge in [-0.1, -0.05) is 6.07 Å². The fourth-order valence-electron chi connectivity index (χ4n) is 3.36. The number of hydrogen-bond acceptors (Lipinski definition) is 3. The molecule has 28 heavy (non-hydrogen) atoms. The molecular formula is C21H27FN3O2S+. The summed E-state index contributed by atoms with van der Waals surface area (Å²) >= 11 is 5.51. The number of quaternary nitrogens is 1. The predicted molar refractivity (Wildman–Crippen MR) is 113 cm³/mol. The van der Waals surface area contributed by atoms with Crippen molar-refractivity contribution in [3.8, 4) is 11.5 Å². The molecule has 2 aromatic carbocycles. The van der Waals surface area contributed by atoms with Crippen LogP contribution in [0.2, 0.25) is 0 Å². The topological polar surface area (TPSA) is 38.2 Å². The lowest BCUT2D eigenvalue weighted by Crippen LogP contribution is -3.13. The van der Waals surface area contributed by atoms with E-state index in [0.29, 0.717) is 16.4 Å². The van der Waals surface area contributed by atoms with Gasteiger partial charge in [-0.25, -0.2) is 4.39 Å². The molecule has 1 heterocycles. The second kappa shape index (κ2) is 9.21. The molecule has 7 heteroatoms. The highest BCUT2D eigenvalue weighted by Gasteiger charge is 2.22. The summed E-state index contributed by atoms with van der Waals surface area (Å²) in [6.45, 7) is 6.37. The van der Waals surface area contributed by atoms with Crippen molar-refractivity contribution in [3.63, 3.8) is 0 Å². The number of piperazine rings is 1. The summed E-state index contributed by atoms with van der Waals surface area (Å²) in [7, 11) is 3.30. The lowest BCUT2D eigenvalue weighted by Gasteiger charge is -2.34. The minimum Gasteiger partial charge on any atom is -0.493 e. The first-order valence-corrected chi connectivity index (χ1v) is 9.77. The molecule has 0 radical (unpaired) electrons. The van der Waals surface area contributed by atoms with Crippen molar-refractivity contribution in [2.24, 2.45) is 0 Å². The molecule has 0 atom stereocenters. The van der Waals surface area contributed by atoms with E-state index in [9.17, 15) is 4.39 Å². The van der Waals surface area contributed by atoms with Crippen LogP contribution in [-0.4, -0.2) is 50.4 Å². The van der Waals surface area contributed by atoms with Gasteiger partial charge in [-0.05, 0) is 55.0 Å². The largest absolute Gasteiger partial charge is 0.493 e. The van der Waals surface area contributed by atoms with Crippen LogP contribution in [0.25, 0.3) is 0 Å². The molecule has 1 saturated heterocycles. The molecule has 0 amide bonds. The lowest BCUT2D eigenvalue weighted by atomic mass is 10.1. The molecule has 2 N–H and O–H groups in total. The smallest absolute Gasteiger partial charge is 0.173 e. The van der Waals surface area contributed by atoms with Crippen molar-refractivity contribution >= 4 is 23.0 Å². The number of hydrogen-bond donors (Lipinski definition) is 2. The van der Waals surface area contributed by atoms with Crippen LogP contribution in [0.4, 0.5) is 10.1 Å². The summed E-state index contributed by atoms with van der Waals surface area (Å²) in [5.74, 6) is 1.28. The Morgan fingerprint density at radius 1 is 1.11 bits per heavy atom. The van der Waals surface area contributed by atoms with Gasteiger partial charge in [0.15, 0.2) is 16.6 Å². The average Bonchev–Trinajstić information content (AvgIpc) is 2.71. The number of ether oxygens (including phenoxy) is 2. The first-order valence-electron chi connectivity index (χ1n) is 9.36. The van der Waals surface area contributed by atoms with Gasteiger partial charge < -0.3 is 24.6 Å². The number of rotatable bonds is 5. The number of methoxy groups -OCH3 is 2. The summed E-state index contributed by atoms with van der Waals surface area (Å²) in [6, 6.07) is 11.2. The van der Waals surface area contributed by atoms with Gasteiger partial charge in [-0.3, -0.25) is 0 Å². The fourth-order valence-corrected chi connectivity index (χ4v) is 3.66. The molecule has 0 saturated carbocycles. The van der Waals surface area contributed by atoms with E-state index in [1.807, 2.05) is 18.2 Å². The SMILES string of the molecule is COc1ccc(C[NH+]2CCN(C(=S)Nc3ccc(C)c(F)c3)CC2)cc1OC. The van der Waals surface area contributed by atoms with E-state index in [2.05, 4.69) is 16.3 Å². The van der Waals surface area contributed by atoms with E-state index in [1.165, 1.54) is 16.5 Å². The maximum absolute atomic E-state index is 13.7. The number of benzene rings is 2. The molecule has 2 aromatic rings. The summed E-state index contributed by atoms with van der Waals surface area (Å²) in [5.41, 5.74) is 2.54. The highest BCUT2D eigenvalue weighted by Crippen LogP contribution is 2.27. The highest BCUT2D eigenvalue weighted by molar-refractivity contribution is 7.80. The Morgan fingerprint density at radius 2 is 1.82 bits per heavy atom. The van der Waals surface area contributed by atoms with E-state index in [4.69, 9.17) is 21.7 Å². The van der Waals surface area contributed by atoms with Crippen molar-refractivity contribution in [2.45, 2.75) is 13.5 Å². The van der Waals surface area contributed by atoms with Crippen molar-refractivity contribution < 1.29 is 18.8 Å². The number of anilines is 1. The zero-order valence-electron chi connectivity index (χ0n) is 16.5. The van der Waals surface area contributed by atoms with E-state index < -0.39 is 0 Å². The quantitative estimate of drug-likeness (QED) is 0.748. The van der Waals surface area contributed by atoms with Crippen LogP contribution in [0, 0.1) is 12.7 Å². The van der Waals surface area contributed by atoms with Gasteiger partial charge in [0.1, 0.15) is 12.4 Å². The van der Waals surface area contributed by atoms with E-state index in [-0.39, 0.29) is 5.82 Å². The molecule has 0 spiro atoms. The summed E-state index contributed by atoms with van der Waals surface area (Å²) in [6.07, 6.45) is 0. The van der Waals surface area contributed by atoms with Crippen LogP contribution in [0.3, 0.4) is 0 Å². The third-order valence-electron chi connectivity index (χ3n) is 5.08. The van der Waals surface area contributed by atoms with Gasteiger partial charge in [-0.2, -0.15) is 0 Å². The minimum absolute atomic E-state index is 0.225. The van der Waals surface area contributed by atoms with Crippen LogP contribution in [0.5, 0.6) is 11.5 Å². The van der Waals surface area contributed by atoms with Crippen molar-refractivity contribution in [1.29, 1.82) is 0 Å². The molecule has 0 aromatic heterocycles. The summed E-state index contributed by atoms with van der Waals surface area (Å²) in [5, 5.41) is 3.80. The molecule has 1 fully saturated rings. The second-order valence-corrected chi connectivity index (χ2v) is 7.38. The van der Waals surface area contributed by atoms with Crippen molar-refractivity contribution in [2.75, 3.05) is 45.7 Å². The van der Waals surface area contributed by atoms with Gasteiger partial charge in [0, 0.05) is 11.3 Å². The van der Waals surface area contributed by atoms with Gasteiger partial charge in [0.2, 0.25) is 0 Å². The monoisotopic (exact) mass is 404 g/mol. The Morgan fingerprint density at radius 3 is 2.46 bits per heavy atom. The Balaban J connectivity index is 1.52. The third kappa shape index (κ3) is 4.91. The molecule has 0 aliphatic carbocycles. The molecule has 3 rings (SSSR count). The Bertz CT molecular complexity index is 838. The molecule has 1 aliphatic rings. The first-order chi connectivity index (χ1) is 13.5. The molecule has 1 aliphatic heterocycles. The predicted octanol–water partition coefficient (Wildman–Crippen LogP) is 2.25. The maximum Gasteiger partial charge on any atom is 0.173 e. The van der Waals surface area contributed by atoms with Gasteiger partial charge in [0.05, 0.1) is 40.4 Å². The van der Waals surface area contributed by atoms with Crippen molar-refractivity contribution in [1.82, 2.24) is 4.90 Å². The van der Waals surface area contributed by atoms with Crippen LogP contribution in [-0.2, 0) is 6.54 Å². The molecular weight excluding hydrogens is 377 g/mol. The van der Waals surface area contributed by atoms with E-state index >= 15 is 0 Å². The van der Waals surface area contributed by atoms with E-state index in [1.54, 1.807) is 27.2 Å². The zero-order chi connectivity index (χ0) is 20.1. The van der Waals surface area contributed by atoms with Gasteiger partial charge in [0.25, 0.3) is 0 Å². The zero-order valence-corrected chi connectivity index (χ0v) is 17.4. The number of halogens is 1. The second-order valence-electron chi connectivity index (χ2n) is 7.00.